The van der Waals surface area contributed by atoms with Gasteiger partial charge in [0.1, 0.15) is 11.6 Å². The third-order valence-electron chi connectivity index (χ3n) is 3.48. The molecule has 106 valence electrons. The quantitative estimate of drug-likeness (QED) is 0.628. The van der Waals surface area contributed by atoms with Crippen molar-refractivity contribution in [2.45, 2.75) is 44.9 Å². The van der Waals surface area contributed by atoms with Gasteiger partial charge in [-0.25, -0.2) is 0 Å². The van der Waals surface area contributed by atoms with Crippen molar-refractivity contribution < 1.29 is 19.2 Å². The van der Waals surface area contributed by atoms with Crippen LogP contribution in [-0.4, -0.2) is 28.6 Å². The molecular formula is C15H17NO4. The summed E-state index contributed by atoms with van der Waals surface area (Å²) in [4.78, 5) is 45.5. The molecular weight excluding hydrogens is 258 g/mol. The standard InChI is InChI=1S/C9H9NO2.C6H8O2/c11-5-6-4-7-8(10-6)2-1-3-9(7)12;7-5-2-1-3-6(8)4-5/h4-5,10H,1-3H2;1-4H2. The van der Waals surface area contributed by atoms with Crippen LogP contribution in [0.15, 0.2) is 6.07 Å². The molecule has 3 rings (SSSR count). The average Bonchev–Trinajstić information content (AvgIpc) is 2.84. The van der Waals surface area contributed by atoms with Crippen molar-refractivity contribution >= 4 is 23.6 Å². The van der Waals surface area contributed by atoms with Crippen molar-refractivity contribution in [2.24, 2.45) is 0 Å². The minimum Gasteiger partial charge on any atom is -0.356 e. The van der Waals surface area contributed by atoms with Crippen LogP contribution in [0.3, 0.4) is 0 Å². The monoisotopic (exact) mass is 275 g/mol. The molecule has 0 aliphatic heterocycles. The maximum absolute atomic E-state index is 11.3. The van der Waals surface area contributed by atoms with Crippen molar-refractivity contribution in [3.05, 3.63) is 23.0 Å². The number of aryl methyl sites for hydroxylation is 1. The number of carbonyl (C=O) groups excluding carboxylic acids is 4. The molecule has 5 nitrogen and oxygen atoms in total. The summed E-state index contributed by atoms with van der Waals surface area (Å²) in [6.07, 6.45) is 5.34. The highest BCUT2D eigenvalue weighted by molar-refractivity contribution is 6.01. The summed E-state index contributed by atoms with van der Waals surface area (Å²) in [6.45, 7) is 0. The molecule has 0 atom stereocenters. The zero-order valence-electron chi connectivity index (χ0n) is 11.2. The van der Waals surface area contributed by atoms with E-state index in [1.807, 2.05) is 0 Å². The Bertz CT molecular complexity index is 542. The molecule has 0 aromatic carbocycles. The molecule has 0 unspecified atom stereocenters. The highest BCUT2D eigenvalue weighted by Crippen LogP contribution is 2.20. The van der Waals surface area contributed by atoms with E-state index >= 15 is 0 Å². The lowest BCUT2D eigenvalue weighted by molar-refractivity contribution is -0.129. The van der Waals surface area contributed by atoms with Gasteiger partial charge in [0.25, 0.3) is 0 Å². The summed E-state index contributed by atoms with van der Waals surface area (Å²) in [5.74, 6) is 0.378. The van der Waals surface area contributed by atoms with E-state index in [9.17, 15) is 19.2 Å². The fraction of sp³-hybridized carbons (Fsp3) is 0.467. The molecule has 20 heavy (non-hydrogen) atoms. The largest absolute Gasteiger partial charge is 0.356 e. The first-order valence-electron chi connectivity index (χ1n) is 6.84. The smallest absolute Gasteiger partial charge is 0.166 e. The summed E-state index contributed by atoms with van der Waals surface area (Å²) in [7, 11) is 0. The Morgan fingerprint density at radius 2 is 1.60 bits per heavy atom. The molecule has 5 heteroatoms. The molecule has 1 saturated carbocycles. The average molecular weight is 275 g/mol. The number of aromatic nitrogens is 1. The van der Waals surface area contributed by atoms with Gasteiger partial charge in [0.15, 0.2) is 12.1 Å². The summed E-state index contributed by atoms with van der Waals surface area (Å²) >= 11 is 0. The third kappa shape index (κ3) is 3.50. The zero-order valence-corrected chi connectivity index (χ0v) is 11.2. The molecule has 2 aliphatic rings. The van der Waals surface area contributed by atoms with Gasteiger partial charge in [-0.2, -0.15) is 0 Å². The van der Waals surface area contributed by atoms with Crippen molar-refractivity contribution in [3.63, 3.8) is 0 Å². The van der Waals surface area contributed by atoms with Crippen LogP contribution >= 0.6 is 0 Å². The zero-order chi connectivity index (χ0) is 14.5. The van der Waals surface area contributed by atoms with Gasteiger partial charge >= 0.3 is 0 Å². The Kier molecular flexibility index (Phi) is 4.61. The molecule has 0 spiro atoms. The number of fused-ring (bicyclic) bond motifs is 1. The summed E-state index contributed by atoms with van der Waals surface area (Å²) < 4.78 is 0. The summed E-state index contributed by atoms with van der Waals surface area (Å²) in [6, 6.07) is 1.64. The Hall–Kier alpha value is -2.04. The number of aldehydes is 1. The molecule has 0 radical (unpaired) electrons. The molecule has 0 amide bonds. The Labute approximate surface area is 116 Å². The molecule has 1 N–H and O–H groups in total. The van der Waals surface area contributed by atoms with Crippen LogP contribution in [0.4, 0.5) is 0 Å². The number of rotatable bonds is 1. The predicted octanol–water partition coefficient (Wildman–Crippen LogP) is 2.04. The van der Waals surface area contributed by atoms with Crippen LogP contribution in [-0.2, 0) is 16.0 Å². The van der Waals surface area contributed by atoms with Gasteiger partial charge < -0.3 is 4.98 Å². The van der Waals surface area contributed by atoms with Crippen LogP contribution in [0.25, 0.3) is 0 Å². The van der Waals surface area contributed by atoms with Crippen LogP contribution in [0.2, 0.25) is 0 Å². The van der Waals surface area contributed by atoms with Gasteiger partial charge in [0.2, 0.25) is 0 Å². The fourth-order valence-corrected chi connectivity index (χ4v) is 2.47. The molecule has 0 saturated heterocycles. The Balaban J connectivity index is 0.000000160. The van der Waals surface area contributed by atoms with Crippen LogP contribution in [0.1, 0.15) is 65.1 Å². The Morgan fingerprint density at radius 3 is 2.10 bits per heavy atom. The highest BCUT2D eigenvalue weighted by Gasteiger charge is 2.19. The van der Waals surface area contributed by atoms with Gasteiger partial charge in [-0.15, -0.1) is 0 Å². The van der Waals surface area contributed by atoms with Gasteiger partial charge in [-0.05, 0) is 25.3 Å². The highest BCUT2D eigenvalue weighted by atomic mass is 16.1. The first-order valence-corrected chi connectivity index (χ1v) is 6.84. The van der Waals surface area contributed by atoms with Crippen molar-refractivity contribution in [1.82, 2.24) is 4.98 Å². The predicted molar refractivity (Wildman–Crippen MR) is 71.9 cm³/mol. The van der Waals surface area contributed by atoms with E-state index in [2.05, 4.69) is 4.98 Å². The number of hydrogen-bond acceptors (Lipinski definition) is 4. The minimum atomic E-state index is 0.112. The van der Waals surface area contributed by atoms with E-state index in [-0.39, 0.29) is 23.8 Å². The van der Waals surface area contributed by atoms with E-state index in [1.165, 1.54) is 0 Å². The second-order valence-electron chi connectivity index (χ2n) is 5.12. The lowest BCUT2D eigenvalue weighted by Crippen LogP contribution is -2.13. The SMILES string of the molecule is O=C1CCCC(=O)C1.O=Cc1cc2c([nH]1)CCCC2=O. The number of ketones is 3. The van der Waals surface area contributed by atoms with E-state index in [1.54, 1.807) is 6.07 Å². The van der Waals surface area contributed by atoms with E-state index in [4.69, 9.17) is 0 Å². The summed E-state index contributed by atoms with van der Waals surface area (Å²) in [5, 5.41) is 0. The molecule has 0 bridgehead atoms. The first kappa shape index (κ1) is 14.4. The number of hydrogen-bond donors (Lipinski definition) is 1. The molecule has 2 aliphatic carbocycles. The van der Waals surface area contributed by atoms with Gasteiger partial charge in [0, 0.05) is 30.5 Å². The topological polar surface area (TPSA) is 84.1 Å². The fourth-order valence-electron chi connectivity index (χ4n) is 2.47. The number of nitrogens with one attached hydrogen (secondary N) is 1. The third-order valence-corrected chi connectivity index (χ3v) is 3.48. The van der Waals surface area contributed by atoms with Gasteiger partial charge in [0.05, 0.1) is 12.1 Å². The number of carbonyl (C=O) groups is 4. The molecule has 1 fully saturated rings. The van der Waals surface area contributed by atoms with Gasteiger partial charge in [-0.1, -0.05) is 0 Å². The normalized spacial score (nSPS) is 18.1. The maximum Gasteiger partial charge on any atom is 0.166 e. The molecule has 1 aromatic heterocycles. The number of H-pyrrole nitrogens is 1. The first-order chi connectivity index (χ1) is 9.60. The summed E-state index contributed by atoms with van der Waals surface area (Å²) in [5.41, 5.74) is 2.15. The van der Waals surface area contributed by atoms with Crippen molar-refractivity contribution in [1.29, 1.82) is 0 Å². The lowest BCUT2D eigenvalue weighted by Gasteiger charge is -2.08. The molecule has 1 aromatic rings. The van der Waals surface area contributed by atoms with E-state index in [0.29, 0.717) is 30.5 Å². The van der Waals surface area contributed by atoms with Crippen LogP contribution in [0, 0.1) is 0 Å². The van der Waals surface area contributed by atoms with Crippen LogP contribution in [0.5, 0.6) is 0 Å². The second kappa shape index (κ2) is 6.41. The van der Waals surface area contributed by atoms with E-state index < -0.39 is 0 Å². The van der Waals surface area contributed by atoms with E-state index in [0.717, 1.165) is 31.2 Å². The number of Topliss-reactive ketones (excluding diaryl/α,β-unsaturated/α-hetero) is 3. The van der Waals surface area contributed by atoms with Gasteiger partial charge in [-0.3, -0.25) is 19.2 Å². The maximum atomic E-state index is 11.3. The second-order valence-corrected chi connectivity index (χ2v) is 5.12. The Morgan fingerprint density at radius 1 is 0.950 bits per heavy atom. The van der Waals surface area contributed by atoms with Crippen LogP contribution < -0.4 is 0 Å². The minimum absolute atomic E-state index is 0.112. The van der Waals surface area contributed by atoms with Crippen molar-refractivity contribution in [2.75, 3.05) is 0 Å². The lowest BCUT2D eigenvalue weighted by atomic mass is 9.97. The number of aromatic amines is 1. The molecule has 1 heterocycles. The van der Waals surface area contributed by atoms with Crippen molar-refractivity contribution in [3.8, 4) is 0 Å².